The Bertz CT molecular complexity index is 1090. The molecule has 156 valence electrons. The van der Waals surface area contributed by atoms with E-state index in [9.17, 15) is 9.59 Å². The van der Waals surface area contributed by atoms with E-state index in [4.69, 9.17) is 21.1 Å². The molecule has 3 rings (SSSR count). The summed E-state index contributed by atoms with van der Waals surface area (Å²) in [5.74, 6) is 0.682. The van der Waals surface area contributed by atoms with Crippen molar-refractivity contribution in [3.05, 3.63) is 58.1 Å². The second-order valence-corrected chi connectivity index (χ2v) is 7.42. The standard InChI is InChI=1S/C20H19ClN4O4S/c1-11-17(18(26)23-12-8-9-15(28-2)13(21)10-12)30-20(22-11)25-19(27)24-14-6-4-5-7-16(14)29-3/h4-10H,1-3H3,(H,23,26)(H2,22,24,25,27). The maximum absolute atomic E-state index is 12.6. The summed E-state index contributed by atoms with van der Waals surface area (Å²) in [4.78, 5) is 29.5. The summed E-state index contributed by atoms with van der Waals surface area (Å²) in [5, 5.41) is 8.75. The van der Waals surface area contributed by atoms with Crippen molar-refractivity contribution in [1.82, 2.24) is 4.98 Å². The molecule has 3 aromatic rings. The third-order valence-electron chi connectivity index (χ3n) is 3.99. The molecule has 30 heavy (non-hydrogen) atoms. The number of nitrogens with zero attached hydrogens (tertiary/aromatic N) is 1. The van der Waals surface area contributed by atoms with Gasteiger partial charge in [-0.2, -0.15) is 0 Å². The second kappa shape index (κ2) is 9.47. The molecular formula is C20H19ClN4O4S. The van der Waals surface area contributed by atoms with Gasteiger partial charge < -0.3 is 20.1 Å². The first-order valence-electron chi connectivity index (χ1n) is 8.74. The Balaban J connectivity index is 1.68. The van der Waals surface area contributed by atoms with Crippen LogP contribution in [0.4, 0.5) is 21.3 Å². The van der Waals surface area contributed by atoms with E-state index in [-0.39, 0.29) is 11.0 Å². The average Bonchev–Trinajstić information content (AvgIpc) is 3.08. The minimum Gasteiger partial charge on any atom is -0.495 e. The van der Waals surface area contributed by atoms with E-state index in [1.54, 1.807) is 49.4 Å². The fourth-order valence-corrected chi connectivity index (χ4v) is 3.71. The molecule has 1 aromatic heterocycles. The molecule has 3 N–H and O–H groups in total. The molecule has 0 radical (unpaired) electrons. The quantitative estimate of drug-likeness (QED) is 0.493. The van der Waals surface area contributed by atoms with Gasteiger partial charge in [-0.05, 0) is 37.3 Å². The van der Waals surface area contributed by atoms with Crippen LogP contribution in [0.25, 0.3) is 0 Å². The van der Waals surface area contributed by atoms with E-state index in [1.807, 2.05) is 0 Å². The normalized spacial score (nSPS) is 10.3. The average molecular weight is 447 g/mol. The van der Waals surface area contributed by atoms with Crippen LogP contribution in [0, 0.1) is 6.92 Å². The SMILES string of the molecule is COc1ccc(NC(=O)c2sc(NC(=O)Nc3ccccc3OC)nc2C)cc1Cl. The highest BCUT2D eigenvalue weighted by molar-refractivity contribution is 7.17. The number of anilines is 3. The number of hydrogen-bond donors (Lipinski definition) is 3. The summed E-state index contributed by atoms with van der Waals surface area (Å²) in [6.07, 6.45) is 0. The van der Waals surface area contributed by atoms with E-state index in [1.165, 1.54) is 14.2 Å². The fourth-order valence-electron chi connectivity index (χ4n) is 2.59. The number of hydrogen-bond acceptors (Lipinski definition) is 6. The van der Waals surface area contributed by atoms with Crippen molar-refractivity contribution in [2.75, 3.05) is 30.2 Å². The molecule has 10 heteroatoms. The number of ether oxygens (including phenoxy) is 2. The molecule has 0 aliphatic heterocycles. The zero-order valence-corrected chi connectivity index (χ0v) is 18.0. The predicted octanol–water partition coefficient (Wildman–Crippen LogP) is 5.02. The molecule has 0 unspecified atom stereocenters. The van der Waals surface area contributed by atoms with Crippen molar-refractivity contribution in [2.45, 2.75) is 6.92 Å². The number of carbonyl (C=O) groups is 2. The summed E-state index contributed by atoms with van der Waals surface area (Å²) in [7, 11) is 3.03. The number of carbonyl (C=O) groups excluding carboxylic acids is 2. The van der Waals surface area contributed by atoms with Gasteiger partial charge in [-0.15, -0.1) is 0 Å². The van der Waals surface area contributed by atoms with Gasteiger partial charge in [0.2, 0.25) is 0 Å². The van der Waals surface area contributed by atoms with Crippen LogP contribution in [0.5, 0.6) is 11.5 Å². The molecular weight excluding hydrogens is 428 g/mol. The number of amides is 3. The highest BCUT2D eigenvalue weighted by atomic mass is 35.5. The van der Waals surface area contributed by atoms with Crippen molar-refractivity contribution in [3.8, 4) is 11.5 Å². The van der Waals surface area contributed by atoms with Crippen molar-refractivity contribution >= 4 is 51.4 Å². The fraction of sp³-hybridized carbons (Fsp3) is 0.150. The van der Waals surface area contributed by atoms with Gasteiger partial charge in [0.25, 0.3) is 5.91 Å². The van der Waals surface area contributed by atoms with Crippen LogP contribution < -0.4 is 25.4 Å². The molecule has 0 fully saturated rings. The van der Waals surface area contributed by atoms with Gasteiger partial charge >= 0.3 is 6.03 Å². The molecule has 0 saturated heterocycles. The lowest BCUT2D eigenvalue weighted by molar-refractivity contribution is 0.102. The van der Waals surface area contributed by atoms with E-state index in [0.29, 0.717) is 38.5 Å². The van der Waals surface area contributed by atoms with Gasteiger partial charge in [-0.25, -0.2) is 9.78 Å². The van der Waals surface area contributed by atoms with Crippen LogP contribution >= 0.6 is 22.9 Å². The summed E-state index contributed by atoms with van der Waals surface area (Å²) in [6, 6.07) is 11.5. The third-order valence-corrected chi connectivity index (χ3v) is 5.36. The number of urea groups is 1. The smallest absolute Gasteiger partial charge is 0.325 e. The van der Waals surface area contributed by atoms with Gasteiger partial charge in [0.05, 0.1) is 30.6 Å². The molecule has 2 aromatic carbocycles. The summed E-state index contributed by atoms with van der Waals surface area (Å²) >= 11 is 7.15. The largest absolute Gasteiger partial charge is 0.495 e. The molecule has 0 atom stereocenters. The maximum atomic E-state index is 12.6. The molecule has 8 nitrogen and oxygen atoms in total. The number of methoxy groups -OCH3 is 2. The van der Waals surface area contributed by atoms with E-state index in [0.717, 1.165) is 11.3 Å². The van der Waals surface area contributed by atoms with Crippen molar-refractivity contribution < 1.29 is 19.1 Å². The zero-order chi connectivity index (χ0) is 21.7. The number of thiazole rings is 1. The third kappa shape index (κ3) is 5.00. The Morgan fingerprint density at radius 3 is 2.43 bits per heavy atom. The van der Waals surface area contributed by atoms with E-state index in [2.05, 4.69) is 20.9 Å². The molecule has 1 heterocycles. The van der Waals surface area contributed by atoms with Crippen LogP contribution in [0.3, 0.4) is 0 Å². The molecule has 0 aliphatic carbocycles. The number of benzene rings is 2. The molecule has 0 aliphatic rings. The van der Waals surface area contributed by atoms with Gasteiger partial charge in [0.15, 0.2) is 5.13 Å². The Hall–Kier alpha value is -3.30. The number of para-hydroxylation sites is 2. The molecule has 3 amide bonds. The van der Waals surface area contributed by atoms with E-state index < -0.39 is 6.03 Å². The molecule has 0 bridgehead atoms. The number of nitrogens with one attached hydrogen (secondary N) is 3. The van der Waals surface area contributed by atoms with Gasteiger partial charge in [-0.3, -0.25) is 10.1 Å². The van der Waals surface area contributed by atoms with Gasteiger partial charge in [0, 0.05) is 5.69 Å². The summed E-state index contributed by atoms with van der Waals surface area (Å²) < 4.78 is 10.3. The van der Waals surface area contributed by atoms with Crippen LogP contribution in [0.1, 0.15) is 15.4 Å². The first-order chi connectivity index (χ1) is 14.4. The Kier molecular flexibility index (Phi) is 6.76. The van der Waals surface area contributed by atoms with Crippen LogP contribution in [0.15, 0.2) is 42.5 Å². The van der Waals surface area contributed by atoms with Crippen LogP contribution in [0.2, 0.25) is 5.02 Å². The van der Waals surface area contributed by atoms with E-state index >= 15 is 0 Å². The van der Waals surface area contributed by atoms with Gasteiger partial charge in [0.1, 0.15) is 16.4 Å². The highest BCUT2D eigenvalue weighted by Crippen LogP contribution is 2.29. The first-order valence-corrected chi connectivity index (χ1v) is 9.94. The maximum Gasteiger partial charge on any atom is 0.325 e. The number of aromatic nitrogens is 1. The molecule has 0 spiro atoms. The predicted molar refractivity (Wildman–Crippen MR) is 118 cm³/mol. The second-order valence-electron chi connectivity index (χ2n) is 6.02. The minimum atomic E-state index is -0.498. The Morgan fingerprint density at radius 1 is 1.00 bits per heavy atom. The van der Waals surface area contributed by atoms with Crippen molar-refractivity contribution in [1.29, 1.82) is 0 Å². The van der Waals surface area contributed by atoms with Crippen molar-refractivity contribution in [3.63, 3.8) is 0 Å². The lowest BCUT2D eigenvalue weighted by atomic mass is 10.3. The van der Waals surface area contributed by atoms with Crippen LogP contribution in [-0.4, -0.2) is 31.1 Å². The molecule has 0 saturated carbocycles. The van der Waals surface area contributed by atoms with Crippen molar-refractivity contribution in [2.24, 2.45) is 0 Å². The lowest BCUT2D eigenvalue weighted by Crippen LogP contribution is -2.19. The summed E-state index contributed by atoms with van der Waals surface area (Å²) in [5.41, 5.74) is 1.52. The highest BCUT2D eigenvalue weighted by Gasteiger charge is 2.18. The van der Waals surface area contributed by atoms with Crippen LogP contribution in [-0.2, 0) is 0 Å². The summed E-state index contributed by atoms with van der Waals surface area (Å²) in [6.45, 7) is 1.69. The number of rotatable bonds is 6. The lowest BCUT2D eigenvalue weighted by Gasteiger charge is -2.09. The van der Waals surface area contributed by atoms with Gasteiger partial charge in [-0.1, -0.05) is 35.1 Å². The topological polar surface area (TPSA) is 102 Å². The Morgan fingerprint density at radius 2 is 1.73 bits per heavy atom. The monoisotopic (exact) mass is 446 g/mol. The minimum absolute atomic E-state index is 0.290. The Labute approximate surface area is 182 Å². The first kappa shape index (κ1) is 21.4. The zero-order valence-electron chi connectivity index (χ0n) is 16.4. The number of aryl methyl sites for hydroxylation is 1. The number of halogens is 1.